The maximum atomic E-state index is 13.5. The summed E-state index contributed by atoms with van der Waals surface area (Å²) in [7, 11) is 0. The van der Waals surface area contributed by atoms with Gasteiger partial charge in [0.25, 0.3) is 5.91 Å². The van der Waals surface area contributed by atoms with Crippen LogP contribution in [0.5, 0.6) is 0 Å². The third-order valence-electron chi connectivity index (χ3n) is 5.59. The lowest BCUT2D eigenvalue weighted by atomic mass is 9.95. The lowest BCUT2D eigenvalue weighted by molar-refractivity contribution is 0.0989. The van der Waals surface area contributed by atoms with Gasteiger partial charge in [0.2, 0.25) is 0 Å². The molecule has 0 saturated heterocycles. The number of H-pyrrole nitrogens is 1. The summed E-state index contributed by atoms with van der Waals surface area (Å²) in [6.45, 7) is 4.11. The highest BCUT2D eigenvalue weighted by Crippen LogP contribution is 2.45. The van der Waals surface area contributed by atoms with Crippen LogP contribution in [0.4, 0.5) is 5.69 Å². The summed E-state index contributed by atoms with van der Waals surface area (Å²) in [5, 5.41) is 7.55. The molecule has 3 aromatic carbocycles. The topological polar surface area (TPSA) is 49.0 Å². The van der Waals surface area contributed by atoms with Crippen molar-refractivity contribution < 1.29 is 4.79 Å². The normalized spacial score (nSPS) is 15.5. The maximum Gasteiger partial charge on any atom is 0.277 e. The van der Waals surface area contributed by atoms with E-state index in [1.807, 2.05) is 60.4 Å². The van der Waals surface area contributed by atoms with Crippen LogP contribution in [0.3, 0.4) is 0 Å². The second-order valence-electron chi connectivity index (χ2n) is 7.69. The third kappa shape index (κ3) is 3.06. The van der Waals surface area contributed by atoms with E-state index in [9.17, 15) is 4.79 Å². The summed E-state index contributed by atoms with van der Waals surface area (Å²) in [4.78, 5) is 15.3. The molecule has 30 heavy (non-hydrogen) atoms. The number of benzene rings is 3. The van der Waals surface area contributed by atoms with Gasteiger partial charge in [0.1, 0.15) is 5.69 Å². The van der Waals surface area contributed by atoms with Crippen molar-refractivity contribution in [1.82, 2.24) is 10.2 Å². The van der Waals surface area contributed by atoms with Crippen LogP contribution in [0.25, 0.3) is 11.3 Å². The molecule has 2 heterocycles. The summed E-state index contributed by atoms with van der Waals surface area (Å²) in [5.41, 5.74) is 7.55. The first-order valence-corrected chi connectivity index (χ1v) is 10.6. The van der Waals surface area contributed by atoms with Gasteiger partial charge in [-0.25, -0.2) is 0 Å². The Kier molecular flexibility index (Phi) is 4.55. The van der Waals surface area contributed by atoms with E-state index in [0.29, 0.717) is 5.69 Å². The van der Waals surface area contributed by atoms with Gasteiger partial charge in [-0.3, -0.25) is 14.8 Å². The molecule has 0 bridgehead atoms. The Morgan fingerprint density at radius 2 is 1.47 bits per heavy atom. The van der Waals surface area contributed by atoms with Crippen LogP contribution in [0.2, 0.25) is 0 Å². The Hall–Kier alpha value is -3.18. The number of nitrogens with zero attached hydrogens (tertiary/aromatic N) is 2. The van der Waals surface area contributed by atoms with Crippen LogP contribution in [0, 0.1) is 13.8 Å². The molecule has 0 unspecified atom stereocenters. The molecule has 0 aliphatic carbocycles. The lowest BCUT2D eigenvalue weighted by Gasteiger charge is -2.26. The molecule has 0 radical (unpaired) electrons. The largest absolute Gasteiger partial charge is 0.295 e. The van der Waals surface area contributed by atoms with Gasteiger partial charge >= 0.3 is 0 Å². The molecule has 5 heteroatoms. The molecule has 1 aromatic heterocycles. The predicted molar refractivity (Wildman–Crippen MR) is 123 cm³/mol. The number of aryl methyl sites for hydroxylation is 2. The Bertz CT molecular complexity index is 1230. The SMILES string of the molecule is Cc1ccc([C@H]2c3c(-c4ccc(Br)cc4)n[nH]c3C(=O)N2c2ccc(C)cc2)cc1. The highest BCUT2D eigenvalue weighted by Gasteiger charge is 2.43. The molecule has 5 rings (SSSR count). The van der Waals surface area contributed by atoms with Crippen LogP contribution >= 0.6 is 15.9 Å². The minimum atomic E-state index is -0.242. The van der Waals surface area contributed by atoms with E-state index >= 15 is 0 Å². The van der Waals surface area contributed by atoms with Crippen LogP contribution in [0.1, 0.15) is 38.8 Å². The van der Waals surface area contributed by atoms with Crippen LogP contribution in [-0.2, 0) is 0 Å². The van der Waals surface area contributed by atoms with Crippen molar-refractivity contribution in [3.05, 3.63) is 105 Å². The zero-order valence-electron chi connectivity index (χ0n) is 16.7. The number of fused-ring (bicyclic) bond motifs is 1. The van der Waals surface area contributed by atoms with Crippen molar-refractivity contribution in [1.29, 1.82) is 0 Å². The van der Waals surface area contributed by atoms with E-state index in [1.165, 1.54) is 5.56 Å². The molecule has 1 amide bonds. The van der Waals surface area contributed by atoms with Gasteiger partial charge in [-0.15, -0.1) is 0 Å². The predicted octanol–water partition coefficient (Wildman–Crippen LogP) is 6.21. The molecule has 1 N–H and O–H groups in total. The highest BCUT2D eigenvalue weighted by atomic mass is 79.9. The van der Waals surface area contributed by atoms with Gasteiger partial charge in [-0.05, 0) is 43.7 Å². The number of aromatic amines is 1. The number of hydrogen-bond acceptors (Lipinski definition) is 2. The van der Waals surface area contributed by atoms with E-state index in [2.05, 4.69) is 57.3 Å². The quantitative estimate of drug-likeness (QED) is 0.397. The number of halogens is 1. The monoisotopic (exact) mass is 457 g/mol. The van der Waals surface area contributed by atoms with E-state index in [1.54, 1.807) is 0 Å². The molecule has 0 saturated carbocycles. The average Bonchev–Trinajstić information content (AvgIpc) is 3.29. The highest BCUT2D eigenvalue weighted by molar-refractivity contribution is 9.10. The smallest absolute Gasteiger partial charge is 0.277 e. The molecule has 0 spiro atoms. The number of aromatic nitrogens is 2. The number of amides is 1. The summed E-state index contributed by atoms with van der Waals surface area (Å²) in [5.74, 6) is -0.0599. The van der Waals surface area contributed by atoms with E-state index in [0.717, 1.165) is 38.1 Å². The third-order valence-corrected chi connectivity index (χ3v) is 6.12. The number of carbonyl (C=O) groups excluding carboxylic acids is 1. The average molecular weight is 458 g/mol. The van der Waals surface area contributed by atoms with E-state index in [4.69, 9.17) is 0 Å². The number of hydrogen-bond donors (Lipinski definition) is 1. The first-order valence-electron chi connectivity index (χ1n) is 9.84. The Morgan fingerprint density at radius 3 is 2.10 bits per heavy atom. The van der Waals surface area contributed by atoms with Crippen molar-refractivity contribution in [2.45, 2.75) is 19.9 Å². The molecular weight excluding hydrogens is 438 g/mol. The number of rotatable bonds is 3. The molecule has 0 fully saturated rings. The van der Waals surface area contributed by atoms with Gasteiger partial charge in [0.05, 0.1) is 11.7 Å². The zero-order chi connectivity index (χ0) is 20.8. The lowest BCUT2D eigenvalue weighted by Crippen LogP contribution is -2.29. The number of anilines is 1. The van der Waals surface area contributed by atoms with Crippen molar-refractivity contribution in [2.75, 3.05) is 4.90 Å². The molecule has 4 aromatic rings. The number of carbonyl (C=O) groups is 1. The minimum absolute atomic E-state index is 0.0599. The maximum absolute atomic E-state index is 13.5. The van der Waals surface area contributed by atoms with Crippen molar-refractivity contribution in [3.8, 4) is 11.3 Å². The van der Waals surface area contributed by atoms with Crippen LogP contribution in [-0.4, -0.2) is 16.1 Å². The van der Waals surface area contributed by atoms with Gasteiger partial charge in [-0.2, -0.15) is 5.10 Å². The second kappa shape index (κ2) is 7.26. The zero-order valence-corrected chi connectivity index (χ0v) is 18.3. The van der Waals surface area contributed by atoms with E-state index < -0.39 is 0 Å². The number of nitrogens with one attached hydrogen (secondary N) is 1. The molecule has 1 aliphatic heterocycles. The minimum Gasteiger partial charge on any atom is -0.295 e. The fourth-order valence-corrected chi connectivity index (χ4v) is 4.28. The van der Waals surface area contributed by atoms with Crippen LogP contribution < -0.4 is 4.90 Å². The molecule has 4 nitrogen and oxygen atoms in total. The summed E-state index contributed by atoms with van der Waals surface area (Å²) in [6.07, 6.45) is 0. The van der Waals surface area contributed by atoms with Gasteiger partial charge < -0.3 is 0 Å². The first-order chi connectivity index (χ1) is 14.5. The summed E-state index contributed by atoms with van der Waals surface area (Å²) >= 11 is 3.49. The summed E-state index contributed by atoms with van der Waals surface area (Å²) in [6, 6.07) is 24.2. The van der Waals surface area contributed by atoms with Gasteiger partial charge in [0.15, 0.2) is 0 Å². The molecule has 148 valence electrons. The van der Waals surface area contributed by atoms with Crippen molar-refractivity contribution in [3.63, 3.8) is 0 Å². The Morgan fingerprint density at radius 1 is 0.867 bits per heavy atom. The molecule has 1 aliphatic rings. The standard InChI is InChI=1S/C25H20BrN3O/c1-15-3-7-18(8-4-15)24-21-22(17-9-11-19(26)12-10-17)27-28-23(21)25(30)29(24)20-13-5-16(2)6-14-20/h3-14,24H,1-2H3,(H,27,28)/t24-/m0/s1. The van der Waals surface area contributed by atoms with Crippen molar-refractivity contribution in [2.24, 2.45) is 0 Å². The Labute approximate surface area is 183 Å². The van der Waals surface area contributed by atoms with Gasteiger partial charge in [-0.1, -0.05) is 75.6 Å². The molecular formula is C25H20BrN3O. The first kappa shape index (κ1) is 18.8. The summed E-state index contributed by atoms with van der Waals surface area (Å²) < 4.78 is 1.01. The van der Waals surface area contributed by atoms with Crippen LogP contribution in [0.15, 0.2) is 77.3 Å². The van der Waals surface area contributed by atoms with E-state index in [-0.39, 0.29) is 11.9 Å². The fourth-order valence-electron chi connectivity index (χ4n) is 4.01. The molecule has 1 atom stereocenters. The van der Waals surface area contributed by atoms with Gasteiger partial charge in [0, 0.05) is 21.3 Å². The Balaban J connectivity index is 1.71. The fraction of sp³-hybridized carbons (Fsp3) is 0.120. The second-order valence-corrected chi connectivity index (χ2v) is 8.61. The van der Waals surface area contributed by atoms with Crippen molar-refractivity contribution >= 4 is 27.5 Å².